The summed E-state index contributed by atoms with van der Waals surface area (Å²) >= 11 is 0. The average molecular weight is 528 g/mol. The van der Waals surface area contributed by atoms with Gasteiger partial charge in [-0.15, -0.1) is 0 Å². The fourth-order valence-corrected chi connectivity index (χ4v) is 5.83. The lowest BCUT2D eigenvalue weighted by Crippen LogP contribution is -2.52. The number of anilines is 1. The smallest absolute Gasteiger partial charge is 0.270 e. The van der Waals surface area contributed by atoms with Crippen LogP contribution < -0.4 is 15.4 Å². The Morgan fingerprint density at radius 3 is 2.56 bits per heavy atom. The van der Waals surface area contributed by atoms with Crippen LogP contribution in [0.4, 0.5) is 10.1 Å². The van der Waals surface area contributed by atoms with Crippen LogP contribution in [0.15, 0.2) is 60.9 Å². The first-order chi connectivity index (χ1) is 18.8. The van der Waals surface area contributed by atoms with Gasteiger partial charge in [0.05, 0.1) is 6.61 Å². The number of rotatable bonds is 6. The Balaban J connectivity index is 1.33. The summed E-state index contributed by atoms with van der Waals surface area (Å²) in [7, 11) is 1.67. The van der Waals surface area contributed by atoms with Crippen LogP contribution in [0.25, 0.3) is 11.1 Å². The van der Waals surface area contributed by atoms with Crippen molar-refractivity contribution in [1.29, 1.82) is 0 Å². The molecule has 1 saturated carbocycles. The first-order valence-corrected chi connectivity index (χ1v) is 13.0. The average Bonchev–Trinajstić information content (AvgIpc) is 3.42. The van der Waals surface area contributed by atoms with Gasteiger partial charge in [-0.3, -0.25) is 14.3 Å². The standard InChI is InChI=1S/C30H30FN5O3/c1-17-15-32-18(2)25(17)19-4-7-21(8-5-19)34-29(38)27(35-28(37)23-10-13-33-36(23)3)26-22-9-6-20(31)14-24(22)39-16-30(26)11-12-30/h4-10,13-15,26-27,32H,11-12,16H2,1-3H3,(H,34,38)(H,35,37)/t26?,27-/m0/s1. The van der Waals surface area contributed by atoms with Crippen molar-refractivity contribution in [2.24, 2.45) is 12.5 Å². The number of aromatic amines is 1. The van der Waals surface area contributed by atoms with Crippen LogP contribution in [-0.4, -0.2) is 39.2 Å². The third-order valence-corrected chi connectivity index (χ3v) is 8.05. The number of nitrogens with one attached hydrogen (secondary N) is 3. The molecule has 39 heavy (non-hydrogen) atoms. The maximum atomic E-state index is 14.1. The zero-order chi connectivity index (χ0) is 27.3. The van der Waals surface area contributed by atoms with E-state index < -0.39 is 17.8 Å². The van der Waals surface area contributed by atoms with E-state index in [0.717, 1.165) is 40.8 Å². The minimum atomic E-state index is -0.920. The Kier molecular flexibility index (Phi) is 6.01. The first kappa shape index (κ1) is 24.9. The van der Waals surface area contributed by atoms with Gasteiger partial charge in [-0.1, -0.05) is 18.2 Å². The second-order valence-electron chi connectivity index (χ2n) is 10.6. The Hall–Kier alpha value is -4.40. The molecule has 0 saturated heterocycles. The molecule has 2 amide bonds. The van der Waals surface area contributed by atoms with E-state index in [4.69, 9.17) is 4.74 Å². The maximum Gasteiger partial charge on any atom is 0.270 e. The largest absolute Gasteiger partial charge is 0.493 e. The zero-order valence-electron chi connectivity index (χ0n) is 22.0. The van der Waals surface area contributed by atoms with Gasteiger partial charge in [-0.05, 0) is 62.1 Å². The van der Waals surface area contributed by atoms with E-state index >= 15 is 0 Å². The van der Waals surface area contributed by atoms with E-state index in [1.165, 1.54) is 23.0 Å². The Bertz CT molecular complexity index is 1550. The van der Waals surface area contributed by atoms with Crippen LogP contribution in [0, 0.1) is 25.1 Å². The molecule has 2 atom stereocenters. The van der Waals surface area contributed by atoms with Gasteiger partial charge in [0.2, 0.25) is 5.91 Å². The molecule has 1 aliphatic heterocycles. The quantitative estimate of drug-likeness (QED) is 0.333. The molecule has 3 heterocycles. The minimum Gasteiger partial charge on any atom is -0.493 e. The molecule has 4 aromatic rings. The second-order valence-corrected chi connectivity index (χ2v) is 10.6. The normalized spacial score (nSPS) is 17.7. The molecule has 2 aliphatic rings. The molecule has 200 valence electrons. The van der Waals surface area contributed by atoms with Crippen LogP contribution in [0.2, 0.25) is 0 Å². The third-order valence-electron chi connectivity index (χ3n) is 8.05. The number of nitrogens with zero attached hydrogens (tertiary/aromatic N) is 2. The molecule has 6 rings (SSSR count). The lowest BCUT2D eigenvalue weighted by atomic mass is 9.76. The maximum absolute atomic E-state index is 14.1. The number of ether oxygens (including phenoxy) is 1. The highest BCUT2D eigenvalue weighted by molar-refractivity contribution is 6.01. The second kappa shape index (κ2) is 9.41. The Labute approximate surface area is 225 Å². The molecule has 1 spiro atoms. The number of carbonyl (C=O) groups is 2. The molecule has 9 heteroatoms. The number of fused-ring (bicyclic) bond motifs is 1. The Morgan fingerprint density at radius 1 is 1.15 bits per heavy atom. The molecule has 1 aliphatic carbocycles. The molecular formula is C30H30FN5O3. The van der Waals surface area contributed by atoms with E-state index in [1.807, 2.05) is 37.4 Å². The highest BCUT2D eigenvalue weighted by Gasteiger charge is 2.58. The summed E-state index contributed by atoms with van der Waals surface area (Å²) in [5, 5.41) is 10.1. The molecule has 2 aromatic heterocycles. The number of hydrogen-bond acceptors (Lipinski definition) is 4. The van der Waals surface area contributed by atoms with Gasteiger partial charge in [0.1, 0.15) is 23.3 Å². The molecule has 2 aromatic carbocycles. The number of H-pyrrole nitrogens is 1. The molecule has 0 radical (unpaired) electrons. The number of carbonyl (C=O) groups excluding carboxylic acids is 2. The fraction of sp³-hybridized carbons (Fsp3) is 0.300. The van der Waals surface area contributed by atoms with E-state index in [2.05, 4.69) is 27.6 Å². The number of amides is 2. The lowest BCUT2D eigenvalue weighted by Gasteiger charge is -2.38. The van der Waals surface area contributed by atoms with Gasteiger partial charge in [0.15, 0.2) is 0 Å². The van der Waals surface area contributed by atoms with Gasteiger partial charge < -0.3 is 20.4 Å². The monoisotopic (exact) mass is 527 g/mol. The molecule has 3 N–H and O–H groups in total. The highest BCUT2D eigenvalue weighted by atomic mass is 19.1. The number of benzene rings is 2. The SMILES string of the molecule is Cc1c[nH]c(C)c1-c1ccc(NC(=O)[C@@H](NC(=O)c2ccnn2C)C2c3ccc(F)cc3OCC23CC3)cc1. The summed E-state index contributed by atoms with van der Waals surface area (Å²) in [6.07, 6.45) is 5.21. The van der Waals surface area contributed by atoms with Gasteiger partial charge in [0.25, 0.3) is 5.91 Å². The van der Waals surface area contributed by atoms with E-state index in [-0.39, 0.29) is 17.2 Å². The summed E-state index contributed by atoms with van der Waals surface area (Å²) in [6.45, 7) is 4.44. The number of aromatic nitrogens is 3. The number of hydrogen-bond donors (Lipinski definition) is 3. The van der Waals surface area contributed by atoms with Crippen LogP contribution >= 0.6 is 0 Å². The predicted molar refractivity (Wildman–Crippen MR) is 145 cm³/mol. The third kappa shape index (κ3) is 4.47. The van der Waals surface area contributed by atoms with Crippen molar-refractivity contribution in [3.63, 3.8) is 0 Å². The van der Waals surface area contributed by atoms with Crippen molar-refractivity contribution in [3.05, 3.63) is 89.3 Å². The van der Waals surface area contributed by atoms with Crippen LogP contribution in [0.5, 0.6) is 5.75 Å². The topological polar surface area (TPSA) is 101 Å². The van der Waals surface area contributed by atoms with Crippen molar-refractivity contribution < 1.29 is 18.7 Å². The van der Waals surface area contributed by atoms with Crippen molar-refractivity contribution in [3.8, 4) is 16.9 Å². The predicted octanol–water partition coefficient (Wildman–Crippen LogP) is 4.86. The van der Waals surface area contributed by atoms with Crippen molar-refractivity contribution in [2.45, 2.75) is 38.6 Å². The molecule has 8 nitrogen and oxygen atoms in total. The van der Waals surface area contributed by atoms with Crippen molar-refractivity contribution in [2.75, 3.05) is 11.9 Å². The van der Waals surface area contributed by atoms with Gasteiger partial charge >= 0.3 is 0 Å². The molecule has 1 fully saturated rings. The zero-order valence-corrected chi connectivity index (χ0v) is 22.0. The van der Waals surface area contributed by atoms with Crippen molar-refractivity contribution in [1.82, 2.24) is 20.1 Å². The van der Waals surface area contributed by atoms with Gasteiger partial charge in [0, 0.05) is 59.3 Å². The summed E-state index contributed by atoms with van der Waals surface area (Å²) in [4.78, 5) is 30.5. The summed E-state index contributed by atoms with van der Waals surface area (Å²) in [6, 6.07) is 12.7. The summed E-state index contributed by atoms with van der Waals surface area (Å²) < 4.78 is 21.5. The minimum absolute atomic E-state index is 0.306. The molecule has 0 bridgehead atoms. The number of aryl methyl sites for hydroxylation is 3. The van der Waals surface area contributed by atoms with Crippen LogP contribution in [0.1, 0.15) is 46.1 Å². The van der Waals surface area contributed by atoms with Crippen LogP contribution in [0.3, 0.4) is 0 Å². The van der Waals surface area contributed by atoms with E-state index in [0.29, 0.717) is 23.7 Å². The van der Waals surface area contributed by atoms with Crippen molar-refractivity contribution >= 4 is 17.5 Å². The van der Waals surface area contributed by atoms with Gasteiger partial charge in [-0.25, -0.2) is 4.39 Å². The van der Waals surface area contributed by atoms with E-state index in [1.54, 1.807) is 19.2 Å². The van der Waals surface area contributed by atoms with Gasteiger partial charge in [-0.2, -0.15) is 5.10 Å². The summed E-state index contributed by atoms with van der Waals surface area (Å²) in [5.41, 5.74) is 5.77. The first-order valence-electron chi connectivity index (χ1n) is 13.0. The molecule has 1 unspecified atom stereocenters. The lowest BCUT2D eigenvalue weighted by molar-refractivity contribution is -0.119. The summed E-state index contributed by atoms with van der Waals surface area (Å²) in [5.74, 6) is -1.14. The Morgan fingerprint density at radius 2 is 1.92 bits per heavy atom. The fourth-order valence-electron chi connectivity index (χ4n) is 5.83. The molecular weight excluding hydrogens is 497 g/mol. The van der Waals surface area contributed by atoms with E-state index in [9.17, 15) is 14.0 Å². The van der Waals surface area contributed by atoms with Crippen LogP contribution in [-0.2, 0) is 11.8 Å². The number of halogens is 1. The highest BCUT2D eigenvalue weighted by Crippen LogP contribution is 2.61.